The van der Waals surface area contributed by atoms with E-state index >= 15 is 0 Å². The van der Waals surface area contributed by atoms with Crippen LogP contribution in [0.25, 0.3) is 0 Å². The van der Waals surface area contributed by atoms with Crippen molar-refractivity contribution >= 4 is 29.7 Å². The van der Waals surface area contributed by atoms with Crippen LogP contribution in [0.2, 0.25) is 0 Å². The van der Waals surface area contributed by atoms with Crippen molar-refractivity contribution in [3.63, 3.8) is 0 Å². The monoisotopic (exact) mass is 442 g/mol. The molecule has 0 aliphatic heterocycles. The fourth-order valence-electron chi connectivity index (χ4n) is 2.70. The second kappa shape index (κ2) is 12.0. The zero-order valence-corrected chi connectivity index (χ0v) is 17.5. The zero-order valence-electron chi connectivity index (χ0n) is 17.5. The van der Waals surface area contributed by atoms with Crippen molar-refractivity contribution in [1.82, 2.24) is 0 Å². The second-order valence-electron chi connectivity index (χ2n) is 6.50. The van der Waals surface area contributed by atoms with E-state index in [9.17, 15) is 24.0 Å². The summed E-state index contributed by atoms with van der Waals surface area (Å²) >= 11 is 0. The first kappa shape index (κ1) is 24.3. The molecule has 168 valence electrons. The molecule has 2 aromatic carbocycles. The Morgan fingerprint density at radius 3 is 1.28 bits per heavy atom. The molecule has 0 heterocycles. The Morgan fingerprint density at radius 2 is 0.969 bits per heavy atom. The highest BCUT2D eigenvalue weighted by Crippen LogP contribution is 2.21. The first-order valence-electron chi connectivity index (χ1n) is 9.52. The molecular formula is C23H22O9. The molecule has 0 saturated heterocycles. The summed E-state index contributed by atoms with van der Waals surface area (Å²) in [5.74, 6) is -4.49. The van der Waals surface area contributed by atoms with Crippen LogP contribution in [0.4, 0.5) is 0 Å². The molecule has 0 aliphatic carbocycles. The fraction of sp³-hybridized carbons (Fsp3) is 0.261. The molecule has 0 bridgehead atoms. The van der Waals surface area contributed by atoms with E-state index in [0.29, 0.717) is 11.1 Å². The van der Waals surface area contributed by atoms with Gasteiger partial charge in [0.15, 0.2) is 5.78 Å². The van der Waals surface area contributed by atoms with Gasteiger partial charge in [0.2, 0.25) is 12.2 Å². The summed E-state index contributed by atoms with van der Waals surface area (Å²) < 4.78 is 19.4. The van der Waals surface area contributed by atoms with Gasteiger partial charge >= 0.3 is 23.9 Å². The summed E-state index contributed by atoms with van der Waals surface area (Å²) in [6.07, 6.45) is -4.25. The summed E-state index contributed by atoms with van der Waals surface area (Å²) in [5, 5.41) is 0. The van der Waals surface area contributed by atoms with Crippen molar-refractivity contribution < 1.29 is 42.9 Å². The maximum Gasteiger partial charge on any atom is 0.351 e. The predicted molar refractivity (Wildman–Crippen MR) is 109 cm³/mol. The van der Waals surface area contributed by atoms with E-state index in [1.807, 2.05) is 0 Å². The quantitative estimate of drug-likeness (QED) is 0.310. The number of rotatable bonds is 10. The lowest BCUT2D eigenvalue weighted by atomic mass is 10.1. The number of esters is 4. The third-order valence-corrected chi connectivity index (χ3v) is 4.22. The Kier molecular flexibility index (Phi) is 9.09. The first-order chi connectivity index (χ1) is 15.3. The van der Waals surface area contributed by atoms with Gasteiger partial charge in [-0.1, -0.05) is 60.7 Å². The summed E-state index contributed by atoms with van der Waals surface area (Å²) in [5.41, 5.74) is 0.728. The van der Waals surface area contributed by atoms with Gasteiger partial charge in [0, 0.05) is 11.1 Å². The number of methoxy groups -OCH3 is 2. The van der Waals surface area contributed by atoms with E-state index in [2.05, 4.69) is 9.47 Å². The number of ketones is 1. The minimum atomic E-state index is -1.35. The van der Waals surface area contributed by atoms with Crippen molar-refractivity contribution in [3.8, 4) is 0 Å². The van der Waals surface area contributed by atoms with Crippen molar-refractivity contribution in [1.29, 1.82) is 0 Å². The molecule has 0 unspecified atom stereocenters. The Bertz CT molecular complexity index is 876. The SMILES string of the molecule is COC(=O)[C@@H](OC(=O)CC(=O)CC(=O)O[C@H](C(=O)OC)c1ccccc1)c1ccccc1. The van der Waals surface area contributed by atoms with Crippen LogP contribution in [0.3, 0.4) is 0 Å². The molecule has 2 rings (SSSR count). The molecule has 0 radical (unpaired) electrons. The van der Waals surface area contributed by atoms with Crippen LogP contribution in [0.1, 0.15) is 36.2 Å². The van der Waals surface area contributed by atoms with E-state index in [1.165, 1.54) is 0 Å². The third-order valence-electron chi connectivity index (χ3n) is 4.22. The van der Waals surface area contributed by atoms with Crippen molar-refractivity contribution in [2.24, 2.45) is 0 Å². The molecule has 2 aromatic rings. The van der Waals surface area contributed by atoms with Gasteiger partial charge in [-0.3, -0.25) is 14.4 Å². The minimum absolute atomic E-state index is 0.364. The number of hydrogen-bond acceptors (Lipinski definition) is 9. The van der Waals surface area contributed by atoms with Gasteiger partial charge in [0.05, 0.1) is 14.2 Å². The smallest absolute Gasteiger partial charge is 0.351 e. The fourth-order valence-corrected chi connectivity index (χ4v) is 2.70. The highest BCUT2D eigenvalue weighted by Gasteiger charge is 2.29. The largest absolute Gasteiger partial charge is 0.466 e. The van der Waals surface area contributed by atoms with E-state index in [0.717, 1.165) is 14.2 Å². The van der Waals surface area contributed by atoms with E-state index in [1.54, 1.807) is 60.7 Å². The number of carbonyl (C=O) groups excluding carboxylic acids is 5. The highest BCUT2D eigenvalue weighted by molar-refractivity contribution is 6.04. The molecular weight excluding hydrogens is 420 g/mol. The number of benzene rings is 2. The Morgan fingerprint density at radius 1 is 0.625 bits per heavy atom. The molecule has 0 spiro atoms. The van der Waals surface area contributed by atoms with Crippen LogP contribution in [0.15, 0.2) is 60.7 Å². The summed E-state index contributed by atoms with van der Waals surface area (Å²) in [4.78, 5) is 60.4. The minimum Gasteiger partial charge on any atom is -0.466 e. The van der Waals surface area contributed by atoms with Crippen molar-refractivity contribution in [3.05, 3.63) is 71.8 Å². The van der Waals surface area contributed by atoms with Crippen LogP contribution < -0.4 is 0 Å². The molecule has 0 N–H and O–H groups in total. The maximum atomic E-state index is 12.2. The highest BCUT2D eigenvalue weighted by atomic mass is 16.6. The molecule has 32 heavy (non-hydrogen) atoms. The van der Waals surface area contributed by atoms with Crippen LogP contribution in [-0.4, -0.2) is 43.9 Å². The number of ether oxygens (including phenoxy) is 4. The Balaban J connectivity index is 1.96. The second-order valence-corrected chi connectivity index (χ2v) is 6.50. The van der Waals surface area contributed by atoms with E-state index in [-0.39, 0.29) is 0 Å². The molecule has 0 saturated carbocycles. The lowest BCUT2D eigenvalue weighted by Crippen LogP contribution is -2.25. The predicted octanol–water partition coefficient (Wildman–Crippen LogP) is 2.25. The average molecular weight is 442 g/mol. The zero-order chi connectivity index (χ0) is 23.5. The van der Waals surface area contributed by atoms with Crippen LogP contribution in [0.5, 0.6) is 0 Å². The third kappa shape index (κ3) is 7.05. The number of hydrogen-bond donors (Lipinski definition) is 0. The van der Waals surface area contributed by atoms with Gasteiger partial charge in [0.1, 0.15) is 12.8 Å². The van der Waals surface area contributed by atoms with Gasteiger partial charge < -0.3 is 18.9 Å². The van der Waals surface area contributed by atoms with Gasteiger partial charge in [-0.05, 0) is 0 Å². The van der Waals surface area contributed by atoms with Crippen LogP contribution >= 0.6 is 0 Å². The summed E-state index contributed by atoms with van der Waals surface area (Å²) in [7, 11) is 2.27. The molecule has 0 fully saturated rings. The van der Waals surface area contributed by atoms with Crippen LogP contribution in [0, 0.1) is 0 Å². The van der Waals surface area contributed by atoms with Crippen molar-refractivity contribution in [2.45, 2.75) is 25.0 Å². The van der Waals surface area contributed by atoms with Crippen LogP contribution in [-0.2, 0) is 42.9 Å². The summed E-state index contributed by atoms with van der Waals surface area (Å²) in [6, 6.07) is 16.2. The lowest BCUT2D eigenvalue weighted by molar-refractivity contribution is -0.169. The standard InChI is InChI=1S/C23H22O9/c1-29-22(27)20(15-9-5-3-6-10-15)31-18(25)13-17(24)14-19(26)32-21(23(28)30-2)16-11-7-4-8-12-16/h3-12,20-21H,13-14H2,1-2H3/t20-,21-/m0/s1. The summed E-state index contributed by atoms with van der Waals surface area (Å²) in [6.45, 7) is 0. The molecule has 2 atom stereocenters. The molecule has 0 aliphatic rings. The molecule has 9 nitrogen and oxygen atoms in total. The normalized spacial score (nSPS) is 12.1. The molecule has 0 aromatic heterocycles. The van der Waals surface area contributed by atoms with E-state index in [4.69, 9.17) is 9.47 Å². The number of Topliss-reactive ketones (excluding diaryl/α,β-unsaturated/α-hetero) is 1. The topological polar surface area (TPSA) is 122 Å². The van der Waals surface area contributed by atoms with Gasteiger partial charge in [-0.2, -0.15) is 0 Å². The Labute approximate surface area is 184 Å². The molecule has 9 heteroatoms. The van der Waals surface area contributed by atoms with Gasteiger partial charge in [-0.25, -0.2) is 9.59 Å². The van der Waals surface area contributed by atoms with Crippen molar-refractivity contribution in [2.75, 3.05) is 14.2 Å². The Hall–Kier alpha value is -4.01. The lowest BCUT2D eigenvalue weighted by Gasteiger charge is -2.16. The average Bonchev–Trinajstić information content (AvgIpc) is 2.81. The van der Waals surface area contributed by atoms with Gasteiger partial charge in [-0.15, -0.1) is 0 Å². The first-order valence-corrected chi connectivity index (χ1v) is 9.52. The number of carbonyl (C=O) groups is 5. The maximum absolute atomic E-state index is 12.2. The van der Waals surface area contributed by atoms with Gasteiger partial charge in [0.25, 0.3) is 0 Å². The van der Waals surface area contributed by atoms with E-state index < -0.39 is 54.7 Å². The molecule has 0 amide bonds.